The van der Waals surface area contributed by atoms with Gasteiger partial charge in [-0.2, -0.15) is 0 Å². The summed E-state index contributed by atoms with van der Waals surface area (Å²) in [4.78, 5) is 24.6. The van der Waals surface area contributed by atoms with Crippen LogP contribution in [0.3, 0.4) is 0 Å². The van der Waals surface area contributed by atoms with E-state index in [1.807, 2.05) is 33.0 Å². The van der Waals surface area contributed by atoms with Crippen LogP contribution in [0.2, 0.25) is 0 Å². The molecule has 0 radical (unpaired) electrons. The number of rotatable bonds is 8. The van der Waals surface area contributed by atoms with E-state index in [1.165, 1.54) is 6.92 Å². The first kappa shape index (κ1) is 18.4. The van der Waals surface area contributed by atoms with Crippen molar-refractivity contribution in [3.63, 3.8) is 0 Å². The lowest BCUT2D eigenvalue weighted by Crippen LogP contribution is -2.35. The number of carbonyl (C=O) groups is 2. The number of carboxylic acid groups (broad SMARTS) is 1. The fourth-order valence-corrected chi connectivity index (χ4v) is 1.63. The smallest absolute Gasteiger partial charge is 0.331 e. The van der Waals surface area contributed by atoms with Gasteiger partial charge in [0.25, 0.3) is 0 Å². The summed E-state index contributed by atoms with van der Waals surface area (Å²) in [5, 5.41) is 11.8. The van der Waals surface area contributed by atoms with E-state index in [9.17, 15) is 9.59 Å². The van der Waals surface area contributed by atoms with Crippen molar-refractivity contribution in [1.29, 1.82) is 0 Å². The molecular weight excluding hydrogens is 256 g/mol. The Bertz CT molecular complexity index is 387. The van der Waals surface area contributed by atoms with Crippen LogP contribution in [0.5, 0.6) is 0 Å². The van der Waals surface area contributed by atoms with Crippen LogP contribution in [0.15, 0.2) is 23.8 Å². The molecule has 1 amide bonds. The Balaban J connectivity index is 4.73. The zero-order valence-electron chi connectivity index (χ0n) is 13.0. The number of likely N-dealkylation sites (N-methyl/N-ethyl adjacent to an activating group) is 2. The van der Waals surface area contributed by atoms with Gasteiger partial charge in [0, 0.05) is 25.7 Å². The second-order valence-corrected chi connectivity index (χ2v) is 5.17. The van der Waals surface area contributed by atoms with Crippen LogP contribution in [0.4, 0.5) is 0 Å². The van der Waals surface area contributed by atoms with Crippen LogP contribution in [-0.2, 0) is 9.59 Å². The second kappa shape index (κ2) is 9.31. The third kappa shape index (κ3) is 6.52. The molecule has 0 aromatic rings. The molecule has 0 saturated heterocycles. The lowest BCUT2D eigenvalue weighted by Gasteiger charge is -2.23. The minimum absolute atomic E-state index is 0.00166. The van der Waals surface area contributed by atoms with Crippen LogP contribution in [-0.4, -0.2) is 49.1 Å². The summed E-state index contributed by atoms with van der Waals surface area (Å²) in [5.41, 5.74) is 0.247. The van der Waals surface area contributed by atoms with Gasteiger partial charge in [0.1, 0.15) is 0 Å². The van der Waals surface area contributed by atoms with Gasteiger partial charge in [-0.3, -0.25) is 4.79 Å². The van der Waals surface area contributed by atoms with Crippen LogP contribution in [0, 0.1) is 11.8 Å². The summed E-state index contributed by atoms with van der Waals surface area (Å²) in [6, 6.07) is 0. The van der Waals surface area contributed by atoms with E-state index in [1.54, 1.807) is 18.0 Å². The van der Waals surface area contributed by atoms with Crippen molar-refractivity contribution >= 4 is 11.9 Å². The molecule has 5 nitrogen and oxygen atoms in total. The number of amides is 1. The van der Waals surface area contributed by atoms with Crippen LogP contribution in [0.25, 0.3) is 0 Å². The van der Waals surface area contributed by atoms with E-state index in [0.717, 1.165) is 6.54 Å². The first-order valence-electron chi connectivity index (χ1n) is 6.77. The van der Waals surface area contributed by atoms with Crippen molar-refractivity contribution in [3.05, 3.63) is 23.8 Å². The molecule has 0 heterocycles. The molecule has 20 heavy (non-hydrogen) atoms. The van der Waals surface area contributed by atoms with Crippen molar-refractivity contribution in [2.75, 3.05) is 27.2 Å². The molecule has 0 spiro atoms. The van der Waals surface area contributed by atoms with E-state index in [2.05, 4.69) is 5.32 Å². The summed E-state index contributed by atoms with van der Waals surface area (Å²) < 4.78 is 0. The normalized spacial score (nSPS) is 13.8. The van der Waals surface area contributed by atoms with Gasteiger partial charge >= 0.3 is 5.97 Å². The first-order chi connectivity index (χ1) is 9.31. The van der Waals surface area contributed by atoms with Gasteiger partial charge in [-0.15, -0.1) is 0 Å². The number of nitrogens with one attached hydrogen (secondary N) is 1. The van der Waals surface area contributed by atoms with Gasteiger partial charge in [0.05, 0.1) is 5.92 Å². The van der Waals surface area contributed by atoms with Crippen molar-refractivity contribution < 1.29 is 14.7 Å². The Hall–Kier alpha value is -1.62. The summed E-state index contributed by atoms with van der Waals surface area (Å²) in [7, 11) is 3.54. The highest BCUT2D eigenvalue weighted by Gasteiger charge is 2.22. The molecular formula is C15H26N2O3. The molecule has 0 bridgehead atoms. The average Bonchev–Trinajstić information content (AvgIpc) is 2.39. The minimum Gasteiger partial charge on any atom is -0.478 e. The van der Waals surface area contributed by atoms with Crippen molar-refractivity contribution in [2.45, 2.75) is 20.8 Å². The van der Waals surface area contributed by atoms with Crippen LogP contribution in [0.1, 0.15) is 20.8 Å². The predicted octanol–water partition coefficient (Wildman–Crippen LogP) is 1.52. The highest BCUT2D eigenvalue weighted by molar-refractivity contribution is 5.86. The standard InChI is InChI=1S/C15H26N2O3/c1-11(2)13(7-6-9-16-4)14(18)17(5)10-8-12(3)15(19)20/h6-8,11,13,16H,9-10H2,1-5H3,(H,19,20)/b7-6+,12-8+. The van der Waals surface area contributed by atoms with Gasteiger partial charge in [0.2, 0.25) is 5.91 Å². The van der Waals surface area contributed by atoms with E-state index in [4.69, 9.17) is 5.11 Å². The molecule has 5 heteroatoms. The molecule has 1 atom stereocenters. The minimum atomic E-state index is -0.958. The molecule has 114 valence electrons. The quantitative estimate of drug-likeness (QED) is 0.523. The Morgan fingerprint density at radius 1 is 1.35 bits per heavy atom. The Morgan fingerprint density at radius 2 is 1.95 bits per heavy atom. The van der Waals surface area contributed by atoms with E-state index < -0.39 is 5.97 Å². The van der Waals surface area contributed by atoms with Crippen LogP contribution >= 0.6 is 0 Å². The first-order valence-corrected chi connectivity index (χ1v) is 6.77. The highest BCUT2D eigenvalue weighted by atomic mass is 16.4. The topological polar surface area (TPSA) is 69.6 Å². The lowest BCUT2D eigenvalue weighted by molar-refractivity contribution is -0.134. The van der Waals surface area contributed by atoms with Crippen molar-refractivity contribution in [1.82, 2.24) is 10.2 Å². The number of aliphatic carboxylic acids is 1. The van der Waals surface area contributed by atoms with Gasteiger partial charge in [-0.1, -0.05) is 32.1 Å². The third-order valence-corrected chi connectivity index (χ3v) is 3.05. The lowest BCUT2D eigenvalue weighted by atomic mass is 9.94. The second-order valence-electron chi connectivity index (χ2n) is 5.17. The fourth-order valence-electron chi connectivity index (χ4n) is 1.63. The maximum atomic E-state index is 12.3. The largest absolute Gasteiger partial charge is 0.478 e. The molecule has 1 unspecified atom stereocenters. The monoisotopic (exact) mass is 282 g/mol. The number of nitrogens with zero attached hydrogens (tertiary/aromatic N) is 1. The van der Waals surface area contributed by atoms with Crippen LogP contribution < -0.4 is 5.32 Å². The van der Waals surface area contributed by atoms with Gasteiger partial charge in [0.15, 0.2) is 0 Å². The Labute approximate surface area is 121 Å². The molecule has 0 aliphatic heterocycles. The summed E-state index contributed by atoms with van der Waals surface area (Å²) >= 11 is 0. The zero-order valence-corrected chi connectivity index (χ0v) is 13.0. The summed E-state index contributed by atoms with van der Waals surface area (Å²) in [5.74, 6) is -0.948. The molecule has 0 aliphatic carbocycles. The Morgan fingerprint density at radius 3 is 2.40 bits per heavy atom. The molecule has 2 N–H and O–H groups in total. The molecule has 0 rings (SSSR count). The van der Waals surface area contributed by atoms with Gasteiger partial charge < -0.3 is 15.3 Å². The maximum Gasteiger partial charge on any atom is 0.331 e. The zero-order chi connectivity index (χ0) is 15.7. The SMILES string of the molecule is CNC/C=C/C(C(=O)N(C)C/C=C(\C)C(=O)O)C(C)C. The van der Waals surface area contributed by atoms with Gasteiger partial charge in [-0.25, -0.2) is 4.79 Å². The fraction of sp³-hybridized carbons (Fsp3) is 0.600. The van der Waals surface area contributed by atoms with E-state index >= 15 is 0 Å². The Kier molecular flexibility index (Phi) is 8.56. The number of hydrogen-bond donors (Lipinski definition) is 2. The third-order valence-electron chi connectivity index (χ3n) is 3.05. The maximum absolute atomic E-state index is 12.3. The molecule has 0 aromatic heterocycles. The predicted molar refractivity (Wildman–Crippen MR) is 80.4 cm³/mol. The highest BCUT2D eigenvalue weighted by Crippen LogP contribution is 2.15. The number of carbonyl (C=O) groups excluding carboxylic acids is 1. The van der Waals surface area contributed by atoms with Crippen molar-refractivity contribution in [3.8, 4) is 0 Å². The molecule has 0 saturated carbocycles. The van der Waals surface area contributed by atoms with Gasteiger partial charge in [-0.05, 0) is 19.9 Å². The van der Waals surface area contributed by atoms with E-state index in [0.29, 0.717) is 6.54 Å². The number of carboxylic acids is 1. The molecule has 0 aliphatic rings. The summed E-state index contributed by atoms with van der Waals surface area (Å²) in [6.07, 6.45) is 5.40. The van der Waals surface area contributed by atoms with E-state index in [-0.39, 0.29) is 23.3 Å². The van der Waals surface area contributed by atoms with Crippen molar-refractivity contribution in [2.24, 2.45) is 11.8 Å². The number of hydrogen-bond acceptors (Lipinski definition) is 3. The molecule has 0 fully saturated rings. The molecule has 0 aromatic carbocycles. The average molecular weight is 282 g/mol. The summed E-state index contributed by atoms with van der Waals surface area (Å²) in [6.45, 7) is 6.54.